The van der Waals surface area contributed by atoms with Crippen molar-refractivity contribution in [3.8, 4) is 0 Å². The molecule has 1 aliphatic heterocycles. The zero-order chi connectivity index (χ0) is 19.7. The van der Waals surface area contributed by atoms with Crippen LogP contribution in [0.3, 0.4) is 0 Å². The molecule has 1 aromatic rings. The predicted molar refractivity (Wildman–Crippen MR) is 96.4 cm³/mol. The number of hydrogen-bond donors (Lipinski definition) is 2. The van der Waals surface area contributed by atoms with Crippen molar-refractivity contribution in [1.82, 2.24) is 10.2 Å². The topological polar surface area (TPSA) is 95.9 Å². The molecule has 26 heavy (non-hydrogen) atoms. The Morgan fingerprint density at radius 3 is 2.50 bits per heavy atom. The Kier molecular flexibility index (Phi) is 5.51. The first-order valence-electron chi connectivity index (χ1n) is 8.23. The molecule has 1 atom stereocenters. The van der Waals surface area contributed by atoms with Gasteiger partial charge >= 0.3 is 12.1 Å². The van der Waals surface area contributed by atoms with Gasteiger partial charge in [0.2, 0.25) is 0 Å². The number of aliphatic carboxylic acids is 1. The normalized spacial score (nSPS) is 20.0. The highest BCUT2D eigenvalue weighted by atomic mass is 35.5. The van der Waals surface area contributed by atoms with Crippen LogP contribution in [0.5, 0.6) is 0 Å². The number of carbonyl (C=O) groups is 3. The lowest BCUT2D eigenvalue weighted by molar-refractivity contribution is -0.144. The minimum atomic E-state index is -1.59. The number of ether oxygens (including phenoxy) is 1. The maximum Gasteiger partial charge on any atom is 0.408 e. The molecule has 0 bridgehead atoms. The second kappa shape index (κ2) is 7.15. The lowest BCUT2D eigenvalue weighted by atomic mass is 9.99. The van der Waals surface area contributed by atoms with E-state index in [0.717, 1.165) is 5.56 Å². The fourth-order valence-electron chi connectivity index (χ4n) is 2.78. The maximum atomic E-state index is 12.7. The van der Waals surface area contributed by atoms with E-state index < -0.39 is 23.2 Å². The number of nitrogens with one attached hydrogen (secondary N) is 1. The Morgan fingerprint density at radius 2 is 1.96 bits per heavy atom. The van der Waals surface area contributed by atoms with E-state index in [0.29, 0.717) is 10.6 Å². The average Bonchev–Trinajstić information content (AvgIpc) is 2.90. The van der Waals surface area contributed by atoms with Crippen LogP contribution in [0.25, 0.3) is 0 Å². The Labute approximate surface area is 157 Å². The maximum absolute atomic E-state index is 12.7. The lowest BCUT2D eigenvalue weighted by Gasteiger charge is -2.28. The molecule has 2 rings (SSSR count). The summed E-state index contributed by atoms with van der Waals surface area (Å²) in [5, 5.41) is 12.4. The number of alkyl carbamates (subject to hydrolysis) is 1. The summed E-state index contributed by atoms with van der Waals surface area (Å²) in [7, 11) is 0. The summed E-state index contributed by atoms with van der Waals surface area (Å²) >= 11 is 6.14. The summed E-state index contributed by atoms with van der Waals surface area (Å²) in [6, 6.07) is 5.05. The van der Waals surface area contributed by atoms with Gasteiger partial charge < -0.3 is 20.1 Å². The molecule has 2 amide bonds. The molecule has 142 valence electrons. The molecule has 1 saturated heterocycles. The van der Waals surface area contributed by atoms with E-state index in [1.54, 1.807) is 39.0 Å². The molecule has 8 heteroatoms. The number of aryl methyl sites for hydroxylation is 1. The highest BCUT2D eigenvalue weighted by Gasteiger charge is 2.48. The van der Waals surface area contributed by atoms with Gasteiger partial charge in [-0.1, -0.05) is 17.7 Å². The number of rotatable bonds is 3. The van der Waals surface area contributed by atoms with Crippen LogP contribution in [0.4, 0.5) is 4.79 Å². The first-order chi connectivity index (χ1) is 11.9. The Hall–Kier alpha value is -2.28. The van der Waals surface area contributed by atoms with E-state index in [2.05, 4.69) is 5.32 Å². The minimum absolute atomic E-state index is 0.0802. The van der Waals surface area contributed by atoms with E-state index in [1.165, 1.54) is 4.90 Å². The van der Waals surface area contributed by atoms with Crippen molar-refractivity contribution in [2.24, 2.45) is 0 Å². The van der Waals surface area contributed by atoms with Gasteiger partial charge in [-0.05, 0) is 45.4 Å². The fourth-order valence-corrected chi connectivity index (χ4v) is 3.09. The SMILES string of the molecule is Cc1ccc(C(=O)N2CCC(NC(=O)OC(C)(C)C)(C(=O)O)C2)c(Cl)c1. The van der Waals surface area contributed by atoms with Gasteiger partial charge in [-0.3, -0.25) is 4.79 Å². The number of carbonyl (C=O) groups excluding carboxylic acids is 2. The zero-order valence-electron chi connectivity index (χ0n) is 15.3. The van der Waals surface area contributed by atoms with Crippen LogP contribution in [-0.2, 0) is 9.53 Å². The second-order valence-electron chi connectivity index (χ2n) is 7.47. The van der Waals surface area contributed by atoms with E-state index in [1.807, 2.05) is 6.92 Å². The standard InChI is InChI=1S/C18H23ClN2O5/c1-11-5-6-12(13(19)9-11)14(22)21-8-7-18(10-21,15(23)24)20-16(25)26-17(2,3)4/h5-6,9H,7-8,10H2,1-4H3,(H,20,25)(H,23,24). The molecule has 0 aliphatic carbocycles. The molecular formula is C18H23ClN2O5. The summed E-state index contributed by atoms with van der Waals surface area (Å²) in [4.78, 5) is 37.9. The molecule has 2 N–H and O–H groups in total. The first-order valence-corrected chi connectivity index (χ1v) is 8.61. The zero-order valence-corrected chi connectivity index (χ0v) is 16.0. The molecular weight excluding hydrogens is 360 g/mol. The Morgan fingerprint density at radius 1 is 1.31 bits per heavy atom. The van der Waals surface area contributed by atoms with E-state index in [4.69, 9.17) is 16.3 Å². The molecule has 1 unspecified atom stereocenters. The number of amides is 2. The van der Waals surface area contributed by atoms with Gasteiger partial charge in [0.05, 0.1) is 17.1 Å². The molecule has 0 saturated carbocycles. The van der Waals surface area contributed by atoms with Crippen molar-refractivity contribution >= 4 is 29.6 Å². The number of benzene rings is 1. The van der Waals surface area contributed by atoms with E-state index >= 15 is 0 Å². The summed E-state index contributed by atoms with van der Waals surface area (Å²) in [6.45, 7) is 6.93. The smallest absolute Gasteiger partial charge is 0.408 e. The van der Waals surface area contributed by atoms with E-state index in [-0.39, 0.29) is 25.4 Å². The van der Waals surface area contributed by atoms with Crippen LogP contribution in [0.15, 0.2) is 18.2 Å². The van der Waals surface area contributed by atoms with Gasteiger partial charge in [0.1, 0.15) is 5.60 Å². The van der Waals surface area contributed by atoms with Crippen molar-refractivity contribution in [3.05, 3.63) is 34.3 Å². The summed E-state index contributed by atoms with van der Waals surface area (Å²) in [5.41, 5.74) is -1.13. The number of carboxylic acids is 1. The molecule has 1 aliphatic rings. The van der Waals surface area contributed by atoms with Gasteiger partial charge in [-0.15, -0.1) is 0 Å². The highest BCUT2D eigenvalue weighted by Crippen LogP contribution is 2.27. The largest absolute Gasteiger partial charge is 0.479 e. The number of nitrogens with zero attached hydrogens (tertiary/aromatic N) is 1. The number of likely N-dealkylation sites (tertiary alicyclic amines) is 1. The molecule has 1 aromatic carbocycles. The van der Waals surface area contributed by atoms with Gasteiger partial charge in [-0.2, -0.15) is 0 Å². The molecule has 7 nitrogen and oxygen atoms in total. The van der Waals surface area contributed by atoms with Gasteiger partial charge in [0.15, 0.2) is 5.54 Å². The Bertz CT molecular complexity index is 744. The van der Waals surface area contributed by atoms with Crippen LogP contribution < -0.4 is 5.32 Å². The van der Waals surface area contributed by atoms with Crippen LogP contribution >= 0.6 is 11.6 Å². The monoisotopic (exact) mass is 382 g/mol. The summed E-state index contributed by atoms with van der Waals surface area (Å²) in [6.07, 6.45) is -0.751. The van der Waals surface area contributed by atoms with Crippen LogP contribution in [0, 0.1) is 6.92 Å². The third-order valence-electron chi connectivity index (χ3n) is 4.06. The molecule has 1 heterocycles. The third kappa shape index (κ3) is 4.46. The Balaban J connectivity index is 2.17. The second-order valence-corrected chi connectivity index (χ2v) is 7.88. The van der Waals surface area contributed by atoms with Gasteiger partial charge in [0.25, 0.3) is 5.91 Å². The van der Waals surface area contributed by atoms with Crippen molar-refractivity contribution in [1.29, 1.82) is 0 Å². The van der Waals surface area contributed by atoms with Crippen molar-refractivity contribution < 1.29 is 24.2 Å². The third-order valence-corrected chi connectivity index (χ3v) is 4.37. The van der Waals surface area contributed by atoms with Gasteiger partial charge in [0, 0.05) is 13.0 Å². The molecule has 0 radical (unpaired) electrons. The first kappa shape index (κ1) is 20.0. The van der Waals surface area contributed by atoms with E-state index in [9.17, 15) is 19.5 Å². The lowest BCUT2D eigenvalue weighted by Crippen LogP contribution is -2.57. The number of hydrogen-bond acceptors (Lipinski definition) is 4. The summed E-state index contributed by atoms with van der Waals surface area (Å²) in [5.74, 6) is -1.59. The molecule has 0 spiro atoms. The quantitative estimate of drug-likeness (QED) is 0.837. The van der Waals surface area contributed by atoms with Crippen molar-refractivity contribution in [2.75, 3.05) is 13.1 Å². The average molecular weight is 383 g/mol. The molecule has 1 fully saturated rings. The van der Waals surface area contributed by atoms with Crippen LogP contribution in [-0.4, -0.2) is 52.2 Å². The van der Waals surface area contributed by atoms with Crippen molar-refractivity contribution in [2.45, 2.75) is 45.3 Å². The molecule has 0 aromatic heterocycles. The van der Waals surface area contributed by atoms with Crippen LogP contribution in [0.1, 0.15) is 43.1 Å². The summed E-state index contributed by atoms with van der Waals surface area (Å²) < 4.78 is 5.15. The number of carboxylic acid groups (broad SMARTS) is 1. The minimum Gasteiger partial charge on any atom is -0.479 e. The van der Waals surface area contributed by atoms with Crippen molar-refractivity contribution in [3.63, 3.8) is 0 Å². The van der Waals surface area contributed by atoms with Gasteiger partial charge in [-0.25, -0.2) is 9.59 Å². The fraction of sp³-hybridized carbons (Fsp3) is 0.500. The highest BCUT2D eigenvalue weighted by molar-refractivity contribution is 6.33. The predicted octanol–water partition coefficient (Wildman–Crippen LogP) is 2.84. The number of halogens is 1. The van der Waals surface area contributed by atoms with Crippen LogP contribution in [0.2, 0.25) is 5.02 Å².